The summed E-state index contributed by atoms with van der Waals surface area (Å²) in [6.07, 6.45) is 0. The van der Waals surface area contributed by atoms with Gasteiger partial charge in [0.2, 0.25) is 0 Å². The monoisotopic (exact) mass is 292 g/mol. The minimum Gasteiger partial charge on any atom is -0.330 e. The SMILES string of the molecule is Fc1ccc2c(c1)[nH]c(=S)n2Cc1ccccc1Cl. The smallest absolute Gasteiger partial charge is 0.178 e. The van der Waals surface area contributed by atoms with Crippen molar-refractivity contribution < 1.29 is 4.39 Å². The number of nitrogens with one attached hydrogen (secondary N) is 1. The van der Waals surface area contributed by atoms with Gasteiger partial charge in [0.05, 0.1) is 17.6 Å². The number of aromatic nitrogens is 2. The van der Waals surface area contributed by atoms with Gasteiger partial charge in [0.15, 0.2) is 4.77 Å². The second-order valence-corrected chi connectivity index (χ2v) is 5.06. The van der Waals surface area contributed by atoms with E-state index in [1.807, 2.05) is 28.8 Å². The average Bonchev–Trinajstić information content (AvgIpc) is 2.68. The lowest BCUT2D eigenvalue weighted by atomic mass is 10.2. The van der Waals surface area contributed by atoms with Crippen LogP contribution in [0.4, 0.5) is 4.39 Å². The van der Waals surface area contributed by atoms with Crippen molar-refractivity contribution in [1.29, 1.82) is 0 Å². The molecule has 0 aliphatic carbocycles. The number of aromatic amines is 1. The van der Waals surface area contributed by atoms with Gasteiger partial charge in [-0.15, -0.1) is 0 Å². The van der Waals surface area contributed by atoms with E-state index in [1.165, 1.54) is 12.1 Å². The molecule has 3 aromatic rings. The minimum atomic E-state index is -0.284. The van der Waals surface area contributed by atoms with Crippen molar-refractivity contribution in [2.45, 2.75) is 6.54 Å². The van der Waals surface area contributed by atoms with Crippen molar-refractivity contribution in [3.63, 3.8) is 0 Å². The van der Waals surface area contributed by atoms with Gasteiger partial charge in [-0.1, -0.05) is 29.8 Å². The number of fused-ring (bicyclic) bond motifs is 1. The number of rotatable bonds is 2. The fourth-order valence-electron chi connectivity index (χ4n) is 2.09. The Bertz CT molecular complexity index is 807. The molecular weight excluding hydrogens is 283 g/mol. The summed E-state index contributed by atoms with van der Waals surface area (Å²) in [5, 5.41) is 0.695. The molecule has 0 spiro atoms. The molecule has 1 N–H and O–H groups in total. The van der Waals surface area contributed by atoms with Crippen molar-refractivity contribution in [2.24, 2.45) is 0 Å². The van der Waals surface area contributed by atoms with Gasteiger partial charge in [-0.2, -0.15) is 0 Å². The summed E-state index contributed by atoms with van der Waals surface area (Å²) in [6, 6.07) is 12.2. The van der Waals surface area contributed by atoms with E-state index in [4.69, 9.17) is 23.8 Å². The lowest BCUT2D eigenvalue weighted by Crippen LogP contribution is -2.00. The lowest BCUT2D eigenvalue weighted by molar-refractivity contribution is 0.629. The molecule has 2 nitrogen and oxygen atoms in total. The van der Waals surface area contributed by atoms with Crippen LogP contribution in [0, 0.1) is 10.6 Å². The highest BCUT2D eigenvalue weighted by atomic mass is 35.5. The number of hydrogen-bond donors (Lipinski definition) is 1. The molecule has 0 fully saturated rings. The predicted octanol–water partition coefficient (Wildman–Crippen LogP) is 4.54. The fraction of sp³-hybridized carbons (Fsp3) is 0.0714. The minimum absolute atomic E-state index is 0.284. The van der Waals surface area contributed by atoms with Gasteiger partial charge in [0.25, 0.3) is 0 Å². The molecule has 19 heavy (non-hydrogen) atoms. The first-order valence-corrected chi connectivity index (χ1v) is 6.55. The van der Waals surface area contributed by atoms with E-state index in [0.717, 1.165) is 11.1 Å². The van der Waals surface area contributed by atoms with Crippen molar-refractivity contribution in [3.8, 4) is 0 Å². The number of halogens is 2. The molecule has 5 heteroatoms. The van der Waals surface area contributed by atoms with Crippen LogP contribution < -0.4 is 0 Å². The Hall–Kier alpha value is -1.65. The van der Waals surface area contributed by atoms with Crippen LogP contribution in [0.2, 0.25) is 5.02 Å². The van der Waals surface area contributed by atoms with Crippen LogP contribution in [-0.4, -0.2) is 9.55 Å². The Labute approximate surface area is 119 Å². The number of benzene rings is 2. The van der Waals surface area contributed by atoms with Gasteiger partial charge in [-0.25, -0.2) is 4.39 Å². The second kappa shape index (κ2) is 4.79. The van der Waals surface area contributed by atoms with Crippen molar-refractivity contribution in [3.05, 3.63) is 63.6 Å². The maximum Gasteiger partial charge on any atom is 0.178 e. The third kappa shape index (κ3) is 2.29. The maximum absolute atomic E-state index is 13.2. The summed E-state index contributed by atoms with van der Waals surface area (Å²) in [5.41, 5.74) is 2.54. The molecule has 0 amide bonds. The van der Waals surface area contributed by atoms with Crippen LogP contribution in [0.15, 0.2) is 42.5 Å². The van der Waals surface area contributed by atoms with E-state index >= 15 is 0 Å². The Morgan fingerprint density at radius 2 is 2.00 bits per heavy atom. The molecule has 2 aromatic carbocycles. The second-order valence-electron chi connectivity index (χ2n) is 4.27. The van der Waals surface area contributed by atoms with Gasteiger partial charge < -0.3 is 9.55 Å². The molecule has 0 unspecified atom stereocenters. The summed E-state index contributed by atoms with van der Waals surface area (Å²) in [7, 11) is 0. The summed E-state index contributed by atoms with van der Waals surface area (Å²) in [6.45, 7) is 0.560. The highest BCUT2D eigenvalue weighted by Crippen LogP contribution is 2.20. The first-order valence-electron chi connectivity index (χ1n) is 5.76. The van der Waals surface area contributed by atoms with Crippen molar-refractivity contribution in [2.75, 3.05) is 0 Å². The van der Waals surface area contributed by atoms with Gasteiger partial charge in [-0.3, -0.25) is 0 Å². The average molecular weight is 293 g/mol. The van der Waals surface area contributed by atoms with Crippen LogP contribution >= 0.6 is 23.8 Å². The number of nitrogens with zero attached hydrogens (tertiary/aromatic N) is 1. The van der Waals surface area contributed by atoms with Crippen LogP contribution in [-0.2, 0) is 6.54 Å². The van der Waals surface area contributed by atoms with Crippen molar-refractivity contribution in [1.82, 2.24) is 9.55 Å². The Morgan fingerprint density at radius 3 is 2.79 bits per heavy atom. The van der Waals surface area contributed by atoms with E-state index in [1.54, 1.807) is 6.07 Å². The molecule has 0 radical (unpaired) electrons. The quantitative estimate of drug-likeness (QED) is 0.688. The molecule has 0 aliphatic heterocycles. The number of H-pyrrole nitrogens is 1. The summed E-state index contributed by atoms with van der Waals surface area (Å²) in [5.74, 6) is -0.284. The summed E-state index contributed by atoms with van der Waals surface area (Å²) >= 11 is 11.4. The standard InChI is InChI=1S/C14H10ClFN2S/c15-11-4-2-1-3-9(11)8-18-13-6-5-10(16)7-12(13)17-14(18)19/h1-7H,8H2,(H,17,19). The lowest BCUT2D eigenvalue weighted by Gasteiger charge is -2.06. The van der Waals surface area contributed by atoms with E-state index in [9.17, 15) is 4.39 Å². The van der Waals surface area contributed by atoms with E-state index in [0.29, 0.717) is 21.9 Å². The van der Waals surface area contributed by atoms with E-state index < -0.39 is 0 Å². The largest absolute Gasteiger partial charge is 0.330 e. The molecule has 0 aliphatic rings. The molecular formula is C14H10ClFN2S. The molecule has 0 atom stereocenters. The number of imidazole rings is 1. The zero-order valence-electron chi connectivity index (χ0n) is 9.86. The fourth-order valence-corrected chi connectivity index (χ4v) is 2.56. The molecule has 96 valence electrons. The first kappa shape index (κ1) is 12.4. The molecule has 0 saturated carbocycles. The highest BCUT2D eigenvalue weighted by Gasteiger charge is 2.07. The Kier molecular flexibility index (Phi) is 3.12. The zero-order chi connectivity index (χ0) is 13.4. The predicted molar refractivity (Wildman–Crippen MR) is 77.6 cm³/mol. The highest BCUT2D eigenvalue weighted by molar-refractivity contribution is 7.71. The van der Waals surface area contributed by atoms with Crippen LogP contribution in [0.3, 0.4) is 0 Å². The van der Waals surface area contributed by atoms with Gasteiger partial charge in [0, 0.05) is 5.02 Å². The zero-order valence-corrected chi connectivity index (χ0v) is 11.4. The van der Waals surface area contributed by atoms with Crippen LogP contribution in [0.25, 0.3) is 11.0 Å². The van der Waals surface area contributed by atoms with E-state index in [2.05, 4.69) is 4.98 Å². The third-order valence-corrected chi connectivity index (χ3v) is 3.71. The summed E-state index contributed by atoms with van der Waals surface area (Å²) in [4.78, 5) is 3.00. The van der Waals surface area contributed by atoms with Crippen molar-refractivity contribution >= 4 is 34.9 Å². The molecule has 0 saturated heterocycles. The Balaban J connectivity index is 2.13. The maximum atomic E-state index is 13.2. The van der Waals surface area contributed by atoms with E-state index in [-0.39, 0.29) is 5.82 Å². The first-order chi connectivity index (χ1) is 9.15. The van der Waals surface area contributed by atoms with Crippen LogP contribution in [0.5, 0.6) is 0 Å². The normalized spacial score (nSPS) is 11.1. The van der Waals surface area contributed by atoms with Gasteiger partial charge >= 0.3 is 0 Å². The molecule has 0 bridgehead atoms. The molecule has 1 aromatic heterocycles. The summed E-state index contributed by atoms with van der Waals surface area (Å²) < 4.78 is 15.6. The van der Waals surface area contributed by atoms with Crippen LogP contribution in [0.1, 0.15) is 5.56 Å². The van der Waals surface area contributed by atoms with Gasteiger partial charge in [-0.05, 0) is 42.0 Å². The topological polar surface area (TPSA) is 20.7 Å². The third-order valence-electron chi connectivity index (χ3n) is 3.02. The van der Waals surface area contributed by atoms with Gasteiger partial charge in [0.1, 0.15) is 5.82 Å². The molecule has 1 heterocycles. The molecule has 3 rings (SSSR count). The number of hydrogen-bond acceptors (Lipinski definition) is 1. The Morgan fingerprint density at radius 1 is 1.21 bits per heavy atom.